The zero-order valence-corrected chi connectivity index (χ0v) is 20.5. The molecule has 0 aliphatic carbocycles. The number of thiazole rings is 1. The predicted molar refractivity (Wildman–Crippen MR) is 141 cm³/mol. The number of amides is 2. The first kappa shape index (κ1) is 22.7. The highest BCUT2D eigenvalue weighted by atomic mass is 32.1. The molecule has 6 nitrogen and oxygen atoms in total. The van der Waals surface area contributed by atoms with Crippen molar-refractivity contribution in [3.05, 3.63) is 108 Å². The number of nitrogens with one attached hydrogen (secondary N) is 1. The highest BCUT2D eigenvalue weighted by Crippen LogP contribution is 2.27. The Labute approximate surface area is 208 Å². The fraction of sp³-hybridized carbons (Fsp3) is 0.143. The van der Waals surface area contributed by atoms with E-state index >= 15 is 0 Å². The lowest BCUT2D eigenvalue weighted by Gasteiger charge is -2.24. The van der Waals surface area contributed by atoms with Crippen LogP contribution in [0.2, 0.25) is 0 Å². The first-order chi connectivity index (χ1) is 17.1. The number of aromatic nitrogens is 2. The van der Waals surface area contributed by atoms with Gasteiger partial charge in [-0.25, -0.2) is 9.78 Å². The van der Waals surface area contributed by atoms with Gasteiger partial charge in [-0.3, -0.25) is 4.57 Å². The third-order valence-corrected chi connectivity index (χ3v) is 6.81. The quantitative estimate of drug-likeness (QED) is 0.283. The van der Waals surface area contributed by atoms with E-state index in [0.717, 1.165) is 26.6 Å². The number of hydrogen-bond acceptors (Lipinski definition) is 4. The number of aryl methyl sites for hydroxylation is 1. The zero-order valence-electron chi connectivity index (χ0n) is 19.6. The molecule has 0 aliphatic rings. The van der Waals surface area contributed by atoms with Gasteiger partial charge in [0.15, 0.2) is 5.13 Å². The second-order valence-corrected chi connectivity index (χ2v) is 9.35. The molecule has 3 aromatic carbocycles. The van der Waals surface area contributed by atoms with Gasteiger partial charge in [0, 0.05) is 30.2 Å². The summed E-state index contributed by atoms with van der Waals surface area (Å²) in [6, 6.07) is 27.6. The number of benzene rings is 3. The molecule has 5 aromatic rings. The summed E-state index contributed by atoms with van der Waals surface area (Å²) in [5.74, 6) is 0.692. The van der Waals surface area contributed by atoms with Crippen molar-refractivity contribution >= 4 is 33.3 Å². The van der Waals surface area contributed by atoms with Crippen LogP contribution in [0.1, 0.15) is 16.8 Å². The van der Waals surface area contributed by atoms with Crippen molar-refractivity contribution in [3.63, 3.8) is 0 Å². The van der Waals surface area contributed by atoms with Crippen molar-refractivity contribution in [1.82, 2.24) is 14.5 Å². The number of ether oxygens (including phenoxy) is 1. The minimum atomic E-state index is -0.184. The summed E-state index contributed by atoms with van der Waals surface area (Å²) in [7, 11) is 1.61. The van der Waals surface area contributed by atoms with E-state index < -0.39 is 0 Å². The number of anilines is 1. The van der Waals surface area contributed by atoms with Gasteiger partial charge in [-0.05, 0) is 48.9 Å². The fourth-order valence-corrected chi connectivity index (χ4v) is 4.89. The van der Waals surface area contributed by atoms with E-state index in [2.05, 4.69) is 47.1 Å². The number of carbonyl (C=O) groups is 1. The van der Waals surface area contributed by atoms with Crippen LogP contribution in [0, 0.1) is 6.92 Å². The van der Waals surface area contributed by atoms with Gasteiger partial charge in [-0.1, -0.05) is 59.4 Å². The Hall–Kier alpha value is -4.10. The van der Waals surface area contributed by atoms with Crippen molar-refractivity contribution in [2.45, 2.75) is 20.0 Å². The number of nitrogens with zero attached hydrogens (tertiary/aromatic N) is 3. The number of rotatable bonds is 7. The van der Waals surface area contributed by atoms with Crippen LogP contribution in [0.4, 0.5) is 10.5 Å². The second-order valence-electron chi connectivity index (χ2n) is 8.34. The molecular weight excluding hydrogens is 456 g/mol. The van der Waals surface area contributed by atoms with Crippen LogP contribution in [0.5, 0.6) is 5.75 Å². The predicted octanol–water partition coefficient (Wildman–Crippen LogP) is 6.64. The van der Waals surface area contributed by atoms with Crippen LogP contribution >= 0.6 is 11.3 Å². The van der Waals surface area contributed by atoms with Gasteiger partial charge in [0.25, 0.3) is 0 Å². The normalized spacial score (nSPS) is 10.9. The number of urea groups is 1. The summed E-state index contributed by atoms with van der Waals surface area (Å²) in [4.78, 5) is 20.1. The topological polar surface area (TPSA) is 59.4 Å². The molecule has 2 heterocycles. The SMILES string of the molecule is COc1cccc(NC(=O)N(Cc2ccc(C)cc2)Cc2cccn2-c2nc3ccccc3s2)c1. The van der Waals surface area contributed by atoms with Crippen LogP contribution < -0.4 is 10.1 Å². The maximum absolute atomic E-state index is 13.5. The maximum Gasteiger partial charge on any atom is 0.322 e. The second kappa shape index (κ2) is 10.0. The summed E-state index contributed by atoms with van der Waals surface area (Å²) in [6.07, 6.45) is 2.00. The van der Waals surface area contributed by atoms with Crippen molar-refractivity contribution < 1.29 is 9.53 Å². The minimum absolute atomic E-state index is 0.184. The minimum Gasteiger partial charge on any atom is -0.497 e. The lowest BCUT2D eigenvalue weighted by Crippen LogP contribution is -2.34. The Balaban J connectivity index is 1.43. The first-order valence-electron chi connectivity index (χ1n) is 11.4. The molecule has 35 heavy (non-hydrogen) atoms. The smallest absolute Gasteiger partial charge is 0.322 e. The monoisotopic (exact) mass is 482 g/mol. The molecule has 0 aliphatic heterocycles. The lowest BCUT2D eigenvalue weighted by atomic mass is 10.1. The van der Waals surface area contributed by atoms with Crippen LogP contribution in [0.15, 0.2) is 91.1 Å². The molecule has 1 N–H and O–H groups in total. The largest absolute Gasteiger partial charge is 0.497 e. The van der Waals surface area contributed by atoms with Crippen LogP contribution in [0.3, 0.4) is 0 Å². The van der Waals surface area contributed by atoms with Crippen LogP contribution in [-0.4, -0.2) is 27.6 Å². The molecule has 0 radical (unpaired) electrons. The summed E-state index contributed by atoms with van der Waals surface area (Å²) < 4.78 is 8.50. The molecule has 176 valence electrons. The molecule has 0 atom stereocenters. The Bertz CT molecular complexity index is 1420. The molecule has 0 saturated carbocycles. The highest BCUT2D eigenvalue weighted by Gasteiger charge is 2.18. The van der Waals surface area contributed by atoms with Gasteiger partial charge in [0.2, 0.25) is 0 Å². The van der Waals surface area contributed by atoms with E-state index in [1.165, 1.54) is 5.56 Å². The highest BCUT2D eigenvalue weighted by molar-refractivity contribution is 7.20. The van der Waals surface area contributed by atoms with Gasteiger partial charge in [0.05, 0.1) is 23.9 Å². The number of fused-ring (bicyclic) bond motifs is 1. The Morgan fingerprint density at radius 1 is 1.00 bits per heavy atom. The maximum atomic E-state index is 13.5. The molecule has 0 fully saturated rings. The average Bonchev–Trinajstić information content (AvgIpc) is 3.51. The standard InChI is InChI=1S/C28H26N4O2S/c1-20-12-14-21(15-13-20)18-31(27(33)29-22-7-5-9-24(17-22)34-2)19-23-8-6-16-32(23)28-30-25-10-3-4-11-26(25)35-28/h3-17H,18-19H2,1-2H3,(H,29,33). The summed E-state index contributed by atoms with van der Waals surface area (Å²) in [5.41, 5.74) is 4.89. The third kappa shape index (κ3) is 5.20. The van der Waals surface area contributed by atoms with E-state index in [4.69, 9.17) is 9.72 Å². The summed E-state index contributed by atoms with van der Waals surface area (Å²) >= 11 is 1.64. The molecule has 0 bridgehead atoms. The van der Waals surface area contributed by atoms with Crippen molar-refractivity contribution in [2.75, 3.05) is 12.4 Å². The van der Waals surface area contributed by atoms with Gasteiger partial charge >= 0.3 is 6.03 Å². The molecule has 2 aromatic heterocycles. The number of para-hydroxylation sites is 1. The Kier molecular flexibility index (Phi) is 6.50. The molecule has 0 saturated heterocycles. The van der Waals surface area contributed by atoms with E-state index in [0.29, 0.717) is 24.5 Å². The zero-order chi connectivity index (χ0) is 24.2. The number of carbonyl (C=O) groups excluding carboxylic acids is 1. The molecular formula is C28H26N4O2S. The van der Waals surface area contributed by atoms with Crippen molar-refractivity contribution in [1.29, 1.82) is 0 Å². The third-order valence-electron chi connectivity index (χ3n) is 5.78. The fourth-order valence-electron chi connectivity index (χ4n) is 3.91. The molecule has 7 heteroatoms. The van der Waals surface area contributed by atoms with Crippen LogP contribution in [0.25, 0.3) is 15.3 Å². The van der Waals surface area contributed by atoms with Gasteiger partial charge in [-0.15, -0.1) is 0 Å². The van der Waals surface area contributed by atoms with Gasteiger partial charge in [-0.2, -0.15) is 0 Å². The lowest BCUT2D eigenvalue weighted by molar-refractivity contribution is 0.205. The molecule has 5 rings (SSSR count). The molecule has 0 spiro atoms. The molecule has 0 unspecified atom stereocenters. The number of hydrogen-bond donors (Lipinski definition) is 1. The van der Waals surface area contributed by atoms with E-state index in [-0.39, 0.29) is 6.03 Å². The first-order valence-corrected chi connectivity index (χ1v) is 12.2. The van der Waals surface area contributed by atoms with Gasteiger partial charge in [0.1, 0.15) is 5.75 Å². The van der Waals surface area contributed by atoms with E-state index in [1.54, 1.807) is 18.4 Å². The Morgan fingerprint density at radius 2 is 1.83 bits per heavy atom. The van der Waals surface area contributed by atoms with E-state index in [1.807, 2.05) is 65.7 Å². The summed E-state index contributed by atoms with van der Waals surface area (Å²) in [6.45, 7) is 2.95. The molecule has 2 amide bonds. The van der Waals surface area contributed by atoms with E-state index in [9.17, 15) is 4.79 Å². The summed E-state index contributed by atoms with van der Waals surface area (Å²) in [5, 5.41) is 3.91. The van der Waals surface area contributed by atoms with Crippen LogP contribution in [-0.2, 0) is 13.1 Å². The van der Waals surface area contributed by atoms with Crippen molar-refractivity contribution in [2.24, 2.45) is 0 Å². The van der Waals surface area contributed by atoms with Gasteiger partial charge < -0.3 is 15.0 Å². The average molecular weight is 483 g/mol. The number of methoxy groups -OCH3 is 1. The van der Waals surface area contributed by atoms with Crippen molar-refractivity contribution in [3.8, 4) is 10.9 Å². The Morgan fingerprint density at radius 3 is 2.63 bits per heavy atom.